The summed E-state index contributed by atoms with van der Waals surface area (Å²) in [5.74, 6) is 2.44. The van der Waals surface area contributed by atoms with Crippen LogP contribution in [0, 0.1) is 0 Å². The van der Waals surface area contributed by atoms with Gasteiger partial charge in [-0.05, 0) is 54.6 Å². The second-order valence-corrected chi connectivity index (χ2v) is 7.78. The number of rotatable bonds is 10. The van der Waals surface area contributed by atoms with E-state index < -0.39 is 0 Å². The summed E-state index contributed by atoms with van der Waals surface area (Å²) >= 11 is 5.86. The molecule has 0 bridgehead atoms. The Labute approximate surface area is 178 Å². The summed E-state index contributed by atoms with van der Waals surface area (Å²) in [5, 5.41) is 3.74. The molecule has 0 radical (unpaired) electrons. The van der Waals surface area contributed by atoms with E-state index in [1.54, 1.807) is 13.3 Å². The molecule has 1 saturated heterocycles. The second kappa shape index (κ2) is 11.2. The first kappa shape index (κ1) is 21.7. The third kappa shape index (κ3) is 6.75. The Bertz CT molecular complexity index is 766. The smallest absolute Gasteiger partial charge is 0.224 e. The van der Waals surface area contributed by atoms with Crippen molar-refractivity contribution in [3.05, 3.63) is 41.3 Å². The first-order chi connectivity index (χ1) is 14.2. The summed E-state index contributed by atoms with van der Waals surface area (Å²) < 4.78 is 11.4. The number of hydrogen-bond acceptors (Lipinski definition) is 6. The molecule has 1 aliphatic heterocycles. The van der Waals surface area contributed by atoms with Crippen LogP contribution < -0.4 is 14.8 Å². The molecule has 2 aromatic rings. The molecule has 1 aromatic carbocycles. The van der Waals surface area contributed by atoms with Gasteiger partial charge in [0.05, 0.1) is 13.7 Å². The lowest BCUT2D eigenvalue weighted by Crippen LogP contribution is -2.38. The van der Waals surface area contributed by atoms with Crippen LogP contribution in [0.3, 0.4) is 0 Å². The summed E-state index contributed by atoms with van der Waals surface area (Å²) in [6.07, 6.45) is 7.27. The van der Waals surface area contributed by atoms with Gasteiger partial charge < -0.3 is 14.8 Å². The van der Waals surface area contributed by atoms with E-state index >= 15 is 0 Å². The summed E-state index contributed by atoms with van der Waals surface area (Å²) in [6, 6.07) is 8.54. The predicted octanol–water partition coefficient (Wildman–Crippen LogP) is 4.78. The van der Waals surface area contributed by atoms with E-state index in [0.29, 0.717) is 6.04 Å². The van der Waals surface area contributed by atoms with Crippen molar-refractivity contribution in [3.8, 4) is 11.5 Å². The van der Waals surface area contributed by atoms with Gasteiger partial charge in [0, 0.05) is 31.9 Å². The van der Waals surface area contributed by atoms with Gasteiger partial charge in [-0.1, -0.05) is 25.8 Å². The SMILES string of the molecule is CCCCCOc1ccc(CN2CCC(Nc3ccnc(Cl)n3)CC2)cc1OC. The number of likely N-dealkylation sites (tertiary alicyclic amines) is 1. The van der Waals surface area contributed by atoms with E-state index in [1.807, 2.05) is 12.1 Å². The van der Waals surface area contributed by atoms with Crippen molar-refractivity contribution in [3.63, 3.8) is 0 Å². The molecule has 0 atom stereocenters. The number of hydrogen-bond donors (Lipinski definition) is 1. The van der Waals surface area contributed by atoms with E-state index in [9.17, 15) is 0 Å². The number of methoxy groups -OCH3 is 1. The minimum atomic E-state index is 0.277. The van der Waals surface area contributed by atoms with Crippen LogP contribution in [0.15, 0.2) is 30.5 Å². The zero-order chi connectivity index (χ0) is 20.5. The fourth-order valence-corrected chi connectivity index (χ4v) is 3.73. The number of unbranched alkanes of at least 4 members (excludes halogenated alkanes) is 2. The lowest BCUT2D eigenvalue weighted by atomic mass is 10.0. The Morgan fingerprint density at radius 1 is 1.17 bits per heavy atom. The standard InChI is InChI=1S/C22H31ClN4O2/c1-3-4-5-14-29-19-7-6-17(15-20(19)28-2)16-27-12-9-18(10-13-27)25-21-8-11-24-22(23)26-21/h6-8,11,15,18H,3-5,9-10,12-14,16H2,1-2H3,(H,24,25,26). The van der Waals surface area contributed by atoms with E-state index in [4.69, 9.17) is 21.1 Å². The molecular weight excluding hydrogens is 388 g/mol. The lowest BCUT2D eigenvalue weighted by Gasteiger charge is -2.32. The van der Waals surface area contributed by atoms with Crippen molar-refractivity contribution in [1.82, 2.24) is 14.9 Å². The Morgan fingerprint density at radius 3 is 2.72 bits per heavy atom. The molecule has 1 aliphatic rings. The molecule has 0 spiro atoms. The number of nitrogens with zero attached hydrogens (tertiary/aromatic N) is 3. The highest BCUT2D eigenvalue weighted by atomic mass is 35.5. The van der Waals surface area contributed by atoms with E-state index in [0.717, 1.165) is 62.8 Å². The fourth-order valence-electron chi connectivity index (χ4n) is 3.58. The molecule has 0 unspecified atom stereocenters. The number of aromatic nitrogens is 2. The van der Waals surface area contributed by atoms with E-state index in [2.05, 4.69) is 39.2 Å². The van der Waals surface area contributed by atoms with Gasteiger partial charge in [-0.15, -0.1) is 0 Å². The van der Waals surface area contributed by atoms with Gasteiger partial charge in [0.1, 0.15) is 5.82 Å². The third-order valence-corrected chi connectivity index (χ3v) is 5.39. The molecule has 6 nitrogen and oxygen atoms in total. The summed E-state index contributed by atoms with van der Waals surface area (Å²) in [4.78, 5) is 10.6. The quantitative estimate of drug-likeness (QED) is 0.442. The first-order valence-electron chi connectivity index (χ1n) is 10.4. The average molecular weight is 419 g/mol. The molecule has 7 heteroatoms. The van der Waals surface area contributed by atoms with E-state index in [1.165, 1.54) is 18.4 Å². The lowest BCUT2D eigenvalue weighted by molar-refractivity contribution is 0.210. The highest BCUT2D eigenvalue weighted by Gasteiger charge is 2.20. The molecule has 1 fully saturated rings. The Morgan fingerprint density at radius 2 is 2.00 bits per heavy atom. The maximum atomic E-state index is 5.89. The Kier molecular flexibility index (Phi) is 8.38. The molecule has 1 aromatic heterocycles. The zero-order valence-electron chi connectivity index (χ0n) is 17.4. The third-order valence-electron chi connectivity index (χ3n) is 5.21. The molecule has 29 heavy (non-hydrogen) atoms. The maximum Gasteiger partial charge on any atom is 0.224 e. The normalized spacial score (nSPS) is 15.3. The number of benzene rings is 1. The number of nitrogens with one attached hydrogen (secondary N) is 1. The topological polar surface area (TPSA) is 59.5 Å². The highest BCUT2D eigenvalue weighted by Crippen LogP contribution is 2.29. The molecular formula is C22H31ClN4O2. The van der Waals surface area contributed by atoms with Crippen LogP contribution in [0.25, 0.3) is 0 Å². The summed E-state index contributed by atoms with van der Waals surface area (Å²) in [6.45, 7) is 5.92. The summed E-state index contributed by atoms with van der Waals surface area (Å²) in [5.41, 5.74) is 1.25. The molecule has 2 heterocycles. The van der Waals surface area contributed by atoms with Crippen molar-refractivity contribution < 1.29 is 9.47 Å². The number of anilines is 1. The van der Waals surface area contributed by atoms with Crippen LogP contribution in [0.4, 0.5) is 5.82 Å². The van der Waals surface area contributed by atoms with Crippen molar-refractivity contribution in [2.45, 2.75) is 51.6 Å². The monoisotopic (exact) mass is 418 g/mol. The van der Waals surface area contributed by atoms with Gasteiger partial charge in [0.25, 0.3) is 0 Å². The number of piperidine rings is 1. The molecule has 0 saturated carbocycles. The Hall–Kier alpha value is -2.05. The largest absolute Gasteiger partial charge is 0.493 e. The van der Waals surface area contributed by atoms with Crippen LogP contribution >= 0.6 is 11.6 Å². The van der Waals surface area contributed by atoms with Gasteiger partial charge in [-0.2, -0.15) is 0 Å². The summed E-state index contributed by atoms with van der Waals surface area (Å²) in [7, 11) is 1.70. The molecule has 1 N–H and O–H groups in total. The van der Waals surface area contributed by atoms with Crippen LogP contribution in [-0.4, -0.2) is 47.7 Å². The van der Waals surface area contributed by atoms with Gasteiger partial charge >= 0.3 is 0 Å². The second-order valence-electron chi connectivity index (χ2n) is 7.45. The Balaban J connectivity index is 1.48. The highest BCUT2D eigenvalue weighted by molar-refractivity contribution is 6.28. The fraction of sp³-hybridized carbons (Fsp3) is 0.545. The first-order valence-corrected chi connectivity index (χ1v) is 10.8. The molecule has 3 rings (SSSR count). The van der Waals surface area contributed by atoms with Crippen molar-refractivity contribution >= 4 is 17.4 Å². The predicted molar refractivity (Wildman–Crippen MR) is 117 cm³/mol. The molecule has 0 aliphatic carbocycles. The van der Waals surface area contributed by atoms with Gasteiger partial charge in [-0.3, -0.25) is 4.90 Å². The van der Waals surface area contributed by atoms with Crippen LogP contribution in [-0.2, 0) is 6.54 Å². The van der Waals surface area contributed by atoms with Crippen LogP contribution in [0.5, 0.6) is 11.5 Å². The molecule has 0 amide bonds. The van der Waals surface area contributed by atoms with Gasteiger partial charge in [0.2, 0.25) is 5.28 Å². The van der Waals surface area contributed by atoms with Crippen molar-refractivity contribution in [1.29, 1.82) is 0 Å². The van der Waals surface area contributed by atoms with Crippen LogP contribution in [0.1, 0.15) is 44.6 Å². The number of ether oxygens (including phenoxy) is 2. The van der Waals surface area contributed by atoms with Crippen molar-refractivity contribution in [2.24, 2.45) is 0 Å². The van der Waals surface area contributed by atoms with Gasteiger partial charge in [-0.25, -0.2) is 9.97 Å². The van der Waals surface area contributed by atoms with Crippen LogP contribution in [0.2, 0.25) is 5.28 Å². The number of halogens is 1. The van der Waals surface area contributed by atoms with E-state index in [-0.39, 0.29) is 5.28 Å². The maximum absolute atomic E-state index is 5.89. The van der Waals surface area contributed by atoms with Gasteiger partial charge in [0.15, 0.2) is 11.5 Å². The van der Waals surface area contributed by atoms with Crippen molar-refractivity contribution in [2.75, 3.05) is 32.1 Å². The minimum absolute atomic E-state index is 0.277. The molecule has 158 valence electrons. The average Bonchev–Trinajstić information content (AvgIpc) is 2.73. The minimum Gasteiger partial charge on any atom is -0.493 e. The zero-order valence-corrected chi connectivity index (χ0v) is 18.1.